The zero-order valence-corrected chi connectivity index (χ0v) is 10.6. The van der Waals surface area contributed by atoms with Gasteiger partial charge in [0.15, 0.2) is 0 Å². The highest BCUT2D eigenvalue weighted by Gasteiger charge is 2.25. The Morgan fingerprint density at radius 3 is 1.39 bits per heavy atom. The van der Waals surface area contributed by atoms with Crippen molar-refractivity contribution in [3.8, 4) is 24.7 Å². The van der Waals surface area contributed by atoms with Crippen LogP contribution in [0.4, 0.5) is 8.78 Å². The van der Waals surface area contributed by atoms with Crippen LogP contribution in [-0.2, 0) is 0 Å². The maximum Gasteiger partial charge on any atom is 0.125 e. The van der Waals surface area contributed by atoms with Crippen LogP contribution in [0.5, 0.6) is 0 Å². The third kappa shape index (κ3) is 5.49. The number of hydrogen-bond donors (Lipinski definition) is 0. The smallest absolute Gasteiger partial charge is 0.125 e. The van der Waals surface area contributed by atoms with Crippen LogP contribution in [0.2, 0.25) is 0 Å². The van der Waals surface area contributed by atoms with Crippen molar-refractivity contribution in [2.45, 2.75) is 25.2 Å². The summed E-state index contributed by atoms with van der Waals surface area (Å²) in [7, 11) is 0. The molecule has 0 bridgehead atoms. The van der Waals surface area contributed by atoms with Crippen LogP contribution in [0.25, 0.3) is 0 Å². The van der Waals surface area contributed by atoms with Crippen LogP contribution in [0.15, 0.2) is 0 Å². The topological polar surface area (TPSA) is 6.48 Å². The average molecular weight is 254 g/mol. The molecule has 18 heavy (non-hydrogen) atoms. The lowest BCUT2D eigenvalue weighted by Gasteiger charge is -2.33. The second kappa shape index (κ2) is 8.08. The molecule has 0 saturated carbocycles. The molecule has 2 heterocycles. The van der Waals surface area contributed by atoms with E-state index in [1.165, 1.54) is 0 Å². The van der Waals surface area contributed by atoms with Gasteiger partial charge < -0.3 is 0 Å². The quantitative estimate of drug-likeness (QED) is 0.698. The SMILES string of the molecule is C#CCCN1CC(F)C1.C#CCCN1CC(F)C1. The Balaban J connectivity index is 0.000000180. The molecule has 0 spiro atoms. The van der Waals surface area contributed by atoms with Crippen molar-refractivity contribution in [1.82, 2.24) is 9.80 Å². The zero-order valence-electron chi connectivity index (χ0n) is 10.6. The fraction of sp³-hybridized carbons (Fsp3) is 0.714. The van der Waals surface area contributed by atoms with Crippen molar-refractivity contribution in [2.75, 3.05) is 39.3 Å². The lowest BCUT2D eigenvalue weighted by Crippen LogP contribution is -2.48. The van der Waals surface area contributed by atoms with Crippen molar-refractivity contribution in [2.24, 2.45) is 0 Å². The number of likely N-dealkylation sites (tertiary alicyclic amines) is 2. The predicted octanol–water partition coefficient (Wildman–Crippen LogP) is 1.33. The molecular weight excluding hydrogens is 234 g/mol. The van der Waals surface area contributed by atoms with Gasteiger partial charge in [-0.05, 0) is 0 Å². The van der Waals surface area contributed by atoms with E-state index in [0.717, 1.165) is 25.9 Å². The minimum atomic E-state index is -0.595. The first kappa shape index (κ1) is 15.0. The van der Waals surface area contributed by atoms with Gasteiger partial charge in [-0.15, -0.1) is 24.7 Å². The first-order valence-electron chi connectivity index (χ1n) is 6.25. The molecule has 0 aromatic heterocycles. The highest BCUT2D eigenvalue weighted by molar-refractivity contribution is 4.88. The average Bonchev–Trinajstić information content (AvgIpc) is 2.28. The van der Waals surface area contributed by atoms with Crippen molar-refractivity contribution >= 4 is 0 Å². The molecule has 2 aliphatic rings. The van der Waals surface area contributed by atoms with Gasteiger partial charge in [-0.25, -0.2) is 8.78 Å². The van der Waals surface area contributed by atoms with E-state index in [1.807, 2.05) is 9.80 Å². The maximum absolute atomic E-state index is 12.1. The molecule has 2 nitrogen and oxygen atoms in total. The summed E-state index contributed by atoms with van der Waals surface area (Å²) in [5, 5.41) is 0. The third-order valence-electron chi connectivity index (χ3n) is 2.97. The monoisotopic (exact) mass is 254 g/mol. The van der Waals surface area contributed by atoms with Crippen molar-refractivity contribution in [1.29, 1.82) is 0 Å². The zero-order chi connectivity index (χ0) is 13.4. The Morgan fingerprint density at radius 1 is 0.833 bits per heavy atom. The highest BCUT2D eigenvalue weighted by atomic mass is 19.1. The molecule has 4 heteroatoms. The van der Waals surface area contributed by atoms with Crippen LogP contribution < -0.4 is 0 Å². The molecule has 0 N–H and O–H groups in total. The second-order valence-electron chi connectivity index (χ2n) is 4.62. The summed E-state index contributed by atoms with van der Waals surface area (Å²) in [5.74, 6) is 5.04. The van der Waals surface area contributed by atoms with Gasteiger partial charge in [-0.2, -0.15) is 0 Å². The van der Waals surface area contributed by atoms with E-state index in [0.29, 0.717) is 26.2 Å². The molecule has 0 aromatic rings. The van der Waals surface area contributed by atoms with Crippen LogP contribution in [0, 0.1) is 24.7 Å². The van der Waals surface area contributed by atoms with Gasteiger partial charge in [0, 0.05) is 52.1 Å². The largest absolute Gasteiger partial charge is 0.297 e. The van der Waals surface area contributed by atoms with E-state index < -0.39 is 12.3 Å². The molecule has 2 aliphatic heterocycles. The van der Waals surface area contributed by atoms with Crippen molar-refractivity contribution in [3.05, 3.63) is 0 Å². The normalized spacial score (nSPS) is 20.9. The van der Waals surface area contributed by atoms with Crippen molar-refractivity contribution < 1.29 is 8.78 Å². The van der Waals surface area contributed by atoms with Gasteiger partial charge >= 0.3 is 0 Å². The van der Waals surface area contributed by atoms with Gasteiger partial charge in [0.05, 0.1) is 0 Å². The van der Waals surface area contributed by atoms with E-state index in [9.17, 15) is 8.78 Å². The molecule has 2 saturated heterocycles. The number of hydrogen-bond acceptors (Lipinski definition) is 2. The molecule has 0 unspecified atom stereocenters. The molecule has 0 aromatic carbocycles. The summed E-state index contributed by atoms with van der Waals surface area (Å²) >= 11 is 0. The van der Waals surface area contributed by atoms with Crippen LogP contribution in [0.3, 0.4) is 0 Å². The number of halogens is 2. The van der Waals surface area contributed by atoms with E-state index in [2.05, 4.69) is 11.8 Å². The molecule has 2 rings (SSSR count). The number of terminal acetylenes is 2. The molecule has 0 amide bonds. The van der Waals surface area contributed by atoms with Gasteiger partial charge in [0.25, 0.3) is 0 Å². The van der Waals surface area contributed by atoms with E-state index >= 15 is 0 Å². The lowest BCUT2D eigenvalue weighted by atomic mass is 10.2. The Hall–Kier alpha value is -1.10. The standard InChI is InChI=1S/2C7H10FN/c2*1-2-3-4-9-5-7(8)6-9/h2*1,7H,3-6H2. The molecule has 0 aliphatic carbocycles. The van der Waals surface area contributed by atoms with Crippen LogP contribution >= 0.6 is 0 Å². The first-order chi connectivity index (χ1) is 8.65. The lowest BCUT2D eigenvalue weighted by molar-refractivity contribution is 0.0680. The highest BCUT2D eigenvalue weighted by Crippen LogP contribution is 2.10. The Morgan fingerprint density at radius 2 is 1.17 bits per heavy atom. The van der Waals surface area contributed by atoms with Crippen molar-refractivity contribution in [3.63, 3.8) is 0 Å². The van der Waals surface area contributed by atoms with E-state index in [-0.39, 0.29) is 0 Å². The Kier molecular flexibility index (Phi) is 6.72. The first-order valence-corrected chi connectivity index (χ1v) is 6.25. The molecule has 0 radical (unpaired) electrons. The van der Waals surface area contributed by atoms with Gasteiger partial charge in [-0.1, -0.05) is 0 Å². The number of rotatable bonds is 4. The minimum Gasteiger partial charge on any atom is -0.297 e. The Labute approximate surface area is 108 Å². The van der Waals surface area contributed by atoms with Gasteiger partial charge in [0.1, 0.15) is 12.3 Å². The fourth-order valence-corrected chi connectivity index (χ4v) is 1.82. The fourth-order valence-electron chi connectivity index (χ4n) is 1.82. The van der Waals surface area contributed by atoms with Gasteiger partial charge in [-0.3, -0.25) is 9.80 Å². The van der Waals surface area contributed by atoms with Crippen LogP contribution in [-0.4, -0.2) is 61.4 Å². The second-order valence-corrected chi connectivity index (χ2v) is 4.62. The summed E-state index contributed by atoms with van der Waals surface area (Å²) in [4.78, 5) is 4.04. The summed E-state index contributed by atoms with van der Waals surface area (Å²) < 4.78 is 24.2. The van der Waals surface area contributed by atoms with Gasteiger partial charge in [0.2, 0.25) is 0 Å². The summed E-state index contributed by atoms with van der Waals surface area (Å²) in [5.41, 5.74) is 0. The summed E-state index contributed by atoms with van der Waals surface area (Å²) in [6.07, 6.45) is 10.3. The third-order valence-corrected chi connectivity index (χ3v) is 2.97. The molecule has 100 valence electrons. The maximum atomic E-state index is 12.1. The van der Waals surface area contributed by atoms with Crippen LogP contribution in [0.1, 0.15) is 12.8 Å². The minimum absolute atomic E-state index is 0.585. The Bertz CT molecular complexity index is 275. The number of nitrogens with zero attached hydrogens (tertiary/aromatic N) is 2. The molecule has 0 atom stereocenters. The number of alkyl halides is 2. The predicted molar refractivity (Wildman–Crippen MR) is 69.6 cm³/mol. The van der Waals surface area contributed by atoms with E-state index in [4.69, 9.17) is 12.8 Å². The molecular formula is C14H20F2N2. The molecule has 2 fully saturated rings. The summed E-state index contributed by atoms with van der Waals surface area (Å²) in [6.45, 7) is 4.06. The summed E-state index contributed by atoms with van der Waals surface area (Å²) in [6, 6.07) is 0. The van der Waals surface area contributed by atoms with E-state index in [1.54, 1.807) is 0 Å².